The van der Waals surface area contributed by atoms with Gasteiger partial charge in [0.15, 0.2) is 0 Å². The number of carbonyl (C=O) groups excluding carboxylic acids is 1. The number of hydrogen-bond donors (Lipinski definition) is 1. The van der Waals surface area contributed by atoms with Crippen molar-refractivity contribution in [2.75, 3.05) is 18.4 Å². The number of fused-ring (bicyclic) bond motifs is 1. The smallest absolute Gasteiger partial charge is 0.308 e. The maximum Gasteiger partial charge on any atom is 0.308 e. The second-order valence-corrected chi connectivity index (χ2v) is 9.37. The molecule has 2 heterocycles. The van der Waals surface area contributed by atoms with Gasteiger partial charge in [-0.25, -0.2) is 0 Å². The van der Waals surface area contributed by atoms with Crippen molar-refractivity contribution >= 4 is 49.1 Å². The minimum Gasteiger partial charge on any atom is -0.326 e. The van der Waals surface area contributed by atoms with E-state index in [1.54, 1.807) is 4.57 Å². The van der Waals surface area contributed by atoms with E-state index in [0.29, 0.717) is 6.54 Å². The molecule has 0 spiro atoms. The third-order valence-electron chi connectivity index (χ3n) is 5.53. The Kier molecular flexibility index (Phi) is 6.18. The number of piperidine rings is 1. The molecule has 3 aromatic rings. The zero-order valence-electron chi connectivity index (χ0n) is 16.4. The van der Waals surface area contributed by atoms with Crippen LogP contribution in [-0.4, -0.2) is 28.5 Å². The predicted octanol–water partition coefficient (Wildman–Crippen LogP) is 4.70. The molecule has 152 valence electrons. The number of aromatic nitrogens is 1. The molecule has 0 radical (unpaired) electrons. The van der Waals surface area contributed by atoms with Crippen LogP contribution in [0.15, 0.2) is 51.7 Å². The van der Waals surface area contributed by atoms with Gasteiger partial charge in [-0.05, 0) is 68.8 Å². The molecule has 1 N–H and O–H groups in total. The molecule has 1 aromatic heterocycles. The lowest BCUT2D eigenvalue weighted by molar-refractivity contribution is -0.121. The van der Waals surface area contributed by atoms with Gasteiger partial charge in [0.25, 0.3) is 0 Å². The van der Waals surface area contributed by atoms with Crippen LogP contribution >= 0.6 is 27.3 Å². The Balaban J connectivity index is 1.34. The van der Waals surface area contributed by atoms with Gasteiger partial charge in [-0.2, -0.15) is 0 Å². The van der Waals surface area contributed by atoms with Gasteiger partial charge in [0.05, 0.1) is 10.2 Å². The summed E-state index contributed by atoms with van der Waals surface area (Å²) in [5.74, 6) is 0.112. The maximum absolute atomic E-state index is 12.7. The Morgan fingerprint density at radius 1 is 1.17 bits per heavy atom. The number of thiazole rings is 1. The second-order valence-electron chi connectivity index (χ2n) is 7.46. The molecule has 0 atom stereocenters. The molecule has 1 aliphatic rings. The van der Waals surface area contributed by atoms with Gasteiger partial charge in [-0.1, -0.05) is 39.4 Å². The average Bonchev–Trinajstić information content (AvgIpc) is 3.04. The number of nitrogens with zero attached hydrogens (tertiary/aromatic N) is 2. The summed E-state index contributed by atoms with van der Waals surface area (Å²) < 4.78 is 3.76. The number of anilines is 1. The topological polar surface area (TPSA) is 54.3 Å². The molecule has 0 unspecified atom stereocenters. The van der Waals surface area contributed by atoms with Crippen LogP contribution in [-0.2, 0) is 17.9 Å². The minimum atomic E-state index is 0.0332. The normalized spacial score (nSPS) is 15.7. The maximum atomic E-state index is 12.7. The fraction of sp³-hybridized carbons (Fsp3) is 0.364. The molecule has 1 amide bonds. The Morgan fingerprint density at radius 3 is 2.59 bits per heavy atom. The van der Waals surface area contributed by atoms with Crippen LogP contribution in [0.4, 0.5) is 5.69 Å². The Labute approximate surface area is 182 Å². The van der Waals surface area contributed by atoms with Crippen LogP contribution in [0.5, 0.6) is 0 Å². The molecule has 1 saturated heterocycles. The molecule has 0 saturated carbocycles. The third-order valence-corrected chi connectivity index (χ3v) is 7.00. The number of hydrogen-bond acceptors (Lipinski definition) is 4. The van der Waals surface area contributed by atoms with Crippen LogP contribution in [0.2, 0.25) is 0 Å². The molecular formula is C22H24BrN3O2S. The van der Waals surface area contributed by atoms with Gasteiger partial charge in [0.1, 0.15) is 0 Å². The van der Waals surface area contributed by atoms with E-state index in [9.17, 15) is 9.59 Å². The molecular weight excluding hydrogens is 450 g/mol. The molecule has 2 aromatic carbocycles. The van der Waals surface area contributed by atoms with Gasteiger partial charge in [0.2, 0.25) is 5.91 Å². The summed E-state index contributed by atoms with van der Waals surface area (Å²) in [4.78, 5) is 27.2. The van der Waals surface area contributed by atoms with Crippen molar-refractivity contribution in [2.24, 2.45) is 5.92 Å². The lowest BCUT2D eigenvalue weighted by Crippen LogP contribution is -2.37. The molecule has 1 fully saturated rings. The van der Waals surface area contributed by atoms with Crippen molar-refractivity contribution in [3.63, 3.8) is 0 Å². The summed E-state index contributed by atoms with van der Waals surface area (Å²) in [5.41, 5.74) is 2.99. The van der Waals surface area contributed by atoms with Crippen LogP contribution < -0.4 is 10.2 Å². The highest BCUT2D eigenvalue weighted by Gasteiger charge is 2.25. The van der Waals surface area contributed by atoms with Gasteiger partial charge in [0, 0.05) is 29.2 Å². The van der Waals surface area contributed by atoms with E-state index in [2.05, 4.69) is 50.4 Å². The number of likely N-dealkylation sites (tertiary alicyclic amines) is 1. The standard InChI is InChI=1S/C22H24BrN3O2S/c1-2-26-19-8-7-18(13-20(19)29-22(26)28)24-21(27)16-9-11-25(12-10-16)14-15-3-5-17(23)6-4-15/h3-8,13,16H,2,9-12,14H2,1H3,(H,24,27). The largest absolute Gasteiger partial charge is 0.326 e. The van der Waals surface area contributed by atoms with E-state index >= 15 is 0 Å². The lowest BCUT2D eigenvalue weighted by atomic mass is 9.95. The van der Waals surface area contributed by atoms with Crippen LogP contribution in [0.3, 0.4) is 0 Å². The quantitative estimate of drug-likeness (QED) is 0.584. The molecule has 29 heavy (non-hydrogen) atoms. The molecule has 0 bridgehead atoms. The SMILES string of the molecule is CCn1c(=O)sc2cc(NC(=O)C3CCN(Cc4ccc(Br)cc4)CC3)ccc21. The first kappa shape index (κ1) is 20.3. The average molecular weight is 474 g/mol. The fourth-order valence-electron chi connectivity index (χ4n) is 3.89. The summed E-state index contributed by atoms with van der Waals surface area (Å²) >= 11 is 4.70. The van der Waals surface area contributed by atoms with E-state index < -0.39 is 0 Å². The van der Waals surface area contributed by atoms with Crippen molar-refractivity contribution in [3.8, 4) is 0 Å². The number of aryl methyl sites for hydroxylation is 1. The number of benzene rings is 2. The van der Waals surface area contributed by atoms with Gasteiger partial charge >= 0.3 is 4.87 Å². The van der Waals surface area contributed by atoms with Crippen LogP contribution in [0.1, 0.15) is 25.3 Å². The second kappa shape index (κ2) is 8.81. The van der Waals surface area contributed by atoms with Crippen LogP contribution in [0, 0.1) is 5.92 Å². The van der Waals surface area contributed by atoms with Crippen LogP contribution in [0.25, 0.3) is 10.2 Å². The summed E-state index contributed by atoms with van der Waals surface area (Å²) in [6.07, 6.45) is 1.73. The molecule has 4 rings (SSSR count). The predicted molar refractivity (Wildman–Crippen MR) is 123 cm³/mol. The number of halogens is 1. The van der Waals surface area contributed by atoms with E-state index in [-0.39, 0.29) is 16.7 Å². The van der Waals surface area contributed by atoms with Crippen molar-refractivity contribution in [2.45, 2.75) is 32.9 Å². The summed E-state index contributed by atoms with van der Waals surface area (Å²) in [6, 6.07) is 14.1. The highest BCUT2D eigenvalue weighted by Crippen LogP contribution is 2.25. The molecule has 0 aliphatic carbocycles. The van der Waals surface area contributed by atoms with E-state index in [4.69, 9.17) is 0 Å². The van der Waals surface area contributed by atoms with E-state index in [1.807, 2.05) is 25.1 Å². The first-order valence-electron chi connectivity index (χ1n) is 9.94. The first-order chi connectivity index (χ1) is 14.0. The Morgan fingerprint density at radius 2 is 1.90 bits per heavy atom. The minimum absolute atomic E-state index is 0.0332. The van der Waals surface area contributed by atoms with Gasteiger partial charge < -0.3 is 5.32 Å². The number of amides is 1. The summed E-state index contributed by atoms with van der Waals surface area (Å²) in [7, 11) is 0. The zero-order chi connectivity index (χ0) is 20.4. The van der Waals surface area contributed by atoms with Gasteiger partial charge in [-0.3, -0.25) is 19.1 Å². The highest BCUT2D eigenvalue weighted by atomic mass is 79.9. The van der Waals surface area contributed by atoms with Crippen molar-refractivity contribution in [1.82, 2.24) is 9.47 Å². The number of rotatable bonds is 5. The zero-order valence-corrected chi connectivity index (χ0v) is 18.8. The van der Waals surface area contributed by atoms with Gasteiger partial charge in [-0.15, -0.1) is 0 Å². The van der Waals surface area contributed by atoms with Crippen molar-refractivity contribution in [3.05, 3.63) is 62.2 Å². The highest BCUT2D eigenvalue weighted by molar-refractivity contribution is 9.10. The lowest BCUT2D eigenvalue weighted by Gasteiger charge is -2.31. The van der Waals surface area contributed by atoms with E-state index in [0.717, 1.165) is 52.9 Å². The van der Waals surface area contributed by atoms with Crippen molar-refractivity contribution in [1.29, 1.82) is 0 Å². The molecule has 5 nitrogen and oxygen atoms in total. The monoisotopic (exact) mass is 473 g/mol. The van der Waals surface area contributed by atoms with Crippen molar-refractivity contribution < 1.29 is 4.79 Å². The molecule has 1 aliphatic heterocycles. The third kappa shape index (κ3) is 4.63. The number of carbonyl (C=O) groups is 1. The number of nitrogens with one attached hydrogen (secondary N) is 1. The Bertz CT molecular complexity index is 1070. The summed E-state index contributed by atoms with van der Waals surface area (Å²) in [6.45, 7) is 5.39. The fourth-order valence-corrected chi connectivity index (χ4v) is 5.15. The van der Waals surface area contributed by atoms with E-state index in [1.165, 1.54) is 16.9 Å². The molecule has 7 heteroatoms. The summed E-state index contributed by atoms with van der Waals surface area (Å²) in [5, 5.41) is 3.05. The first-order valence-corrected chi connectivity index (χ1v) is 11.6. The Hall–Kier alpha value is -1.96.